The number of halogens is 1. The molecule has 1 amide bonds. The summed E-state index contributed by atoms with van der Waals surface area (Å²) in [6.07, 6.45) is 3.55. The highest BCUT2D eigenvalue weighted by atomic mass is 31.2. The molecule has 2 fully saturated rings. The van der Waals surface area contributed by atoms with Crippen molar-refractivity contribution in [1.29, 1.82) is 0 Å². The van der Waals surface area contributed by atoms with Crippen LogP contribution in [0, 0.1) is 18.2 Å². The lowest BCUT2D eigenvalue weighted by molar-refractivity contribution is -0.165. The van der Waals surface area contributed by atoms with E-state index >= 15 is 0 Å². The zero-order chi connectivity index (χ0) is 48.1. The standard InChI is InChI=1S/C26H31N2O8P.C24H22FN3O3/c1-16(2)21-6-22(24(7-23(21)30)36-37(32,33)34)25(31)28-11-18-4-3-17(5-19(18)12-28)10-27-13-26(14-27)8-20(9-26)35-15-29;1-10-12-4-5-17(26-3)21-14-8-28-19(22(14)27-18(20(12)21)7-16(10)25)6-13-11(2)24(30)31-9-15(13)23(28)29/h3-7,15-16,20,30H,8-14H2,1-2H3,(H2,32,33,34);6-7,11,17,26H,4-5,8-9H2,1-3H3. The number of hydrogen-bond donors (Lipinski definition) is 4. The van der Waals surface area contributed by atoms with E-state index < -0.39 is 19.6 Å². The maximum Gasteiger partial charge on any atom is 0.524 e. The molecule has 2 atom stereocenters. The molecule has 0 bridgehead atoms. The molecular weight excluding hydrogens is 897 g/mol. The van der Waals surface area contributed by atoms with Crippen molar-refractivity contribution in [3.05, 3.63) is 120 Å². The van der Waals surface area contributed by atoms with Crippen molar-refractivity contribution in [3.8, 4) is 22.9 Å². The fourth-order valence-electron chi connectivity index (χ4n) is 11.5. The van der Waals surface area contributed by atoms with Crippen LogP contribution in [0.15, 0.2) is 47.3 Å². The van der Waals surface area contributed by atoms with E-state index in [0.29, 0.717) is 65.3 Å². The van der Waals surface area contributed by atoms with E-state index in [0.717, 1.165) is 90.2 Å². The van der Waals surface area contributed by atoms with Crippen LogP contribution in [0.2, 0.25) is 0 Å². The number of nitrogens with zero attached hydrogens (tertiary/aromatic N) is 4. The zero-order valence-corrected chi connectivity index (χ0v) is 39.3. The van der Waals surface area contributed by atoms with Gasteiger partial charge < -0.3 is 33.9 Å². The molecule has 4 aliphatic heterocycles. The van der Waals surface area contributed by atoms with Gasteiger partial charge in [-0.15, -0.1) is 0 Å². The van der Waals surface area contributed by atoms with Crippen molar-refractivity contribution in [2.75, 3.05) is 20.1 Å². The molecular formula is C50H53FN5O11P. The number of nitrogens with one attached hydrogen (secondary N) is 1. The normalized spacial score (nSPS) is 19.8. The quantitative estimate of drug-likeness (QED) is 0.0691. The number of phenolic OH excluding ortho intramolecular Hbond substituents is 1. The largest absolute Gasteiger partial charge is 0.524 e. The Bertz CT molecular complexity index is 3080. The molecule has 1 spiro atoms. The van der Waals surface area contributed by atoms with Crippen molar-refractivity contribution >= 4 is 37.1 Å². The first kappa shape index (κ1) is 45.8. The summed E-state index contributed by atoms with van der Waals surface area (Å²) in [6, 6.07) is 12.3. The maximum atomic E-state index is 14.7. The number of aromatic hydroxyl groups is 1. The number of esters is 1. The SMILES string of the molecule is CC(C)c1cc(C(=O)N2Cc3ccc(CN4CC5(CC(OC=O)C5)C4)cc3C2)c(OP(=O)(O)O)cc1O.CNC1CCc2c(C)c(F)cc3nc4c(c1c23)Cn1c-4cc2c(c1=O)COC(=O)C2C. The number of phosphoric ester groups is 1. The second-order valence-electron chi connectivity index (χ2n) is 19.6. The highest BCUT2D eigenvalue weighted by Gasteiger charge is 2.53. The van der Waals surface area contributed by atoms with Crippen LogP contribution < -0.4 is 15.4 Å². The van der Waals surface area contributed by atoms with Gasteiger partial charge in [-0.1, -0.05) is 32.0 Å². The topological polar surface area (TPSA) is 210 Å². The van der Waals surface area contributed by atoms with Crippen LogP contribution in [0.4, 0.5) is 4.39 Å². The Morgan fingerprint density at radius 1 is 1.06 bits per heavy atom. The van der Waals surface area contributed by atoms with Gasteiger partial charge in [0, 0.05) is 67.3 Å². The first-order valence-electron chi connectivity index (χ1n) is 22.9. The number of carbonyl (C=O) groups excluding carboxylic acids is 3. The Kier molecular flexibility index (Phi) is 11.4. The van der Waals surface area contributed by atoms with Gasteiger partial charge in [0.25, 0.3) is 17.9 Å². The number of hydrogen-bond acceptors (Lipinski definition) is 12. The predicted molar refractivity (Wildman–Crippen MR) is 246 cm³/mol. The van der Waals surface area contributed by atoms with Gasteiger partial charge in [-0.25, -0.2) is 13.9 Å². The maximum absolute atomic E-state index is 14.7. The highest BCUT2D eigenvalue weighted by Crippen LogP contribution is 2.50. The third kappa shape index (κ3) is 7.87. The molecule has 4 N–H and O–H groups in total. The van der Waals surface area contributed by atoms with Gasteiger partial charge in [-0.3, -0.25) is 33.9 Å². The Morgan fingerprint density at radius 3 is 2.51 bits per heavy atom. The number of aryl methyl sites for hydroxylation is 1. The molecule has 11 rings (SSSR count). The molecule has 0 radical (unpaired) electrons. The summed E-state index contributed by atoms with van der Waals surface area (Å²) in [4.78, 5) is 76.9. The predicted octanol–water partition coefficient (Wildman–Crippen LogP) is 6.52. The minimum Gasteiger partial charge on any atom is -0.508 e. The molecule has 68 heavy (non-hydrogen) atoms. The lowest BCUT2D eigenvalue weighted by Gasteiger charge is -2.58. The first-order chi connectivity index (χ1) is 32.4. The van der Waals surface area contributed by atoms with E-state index in [1.807, 2.05) is 40.0 Å². The summed E-state index contributed by atoms with van der Waals surface area (Å²) in [5.74, 6) is -2.15. The first-order valence-corrected chi connectivity index (χ1v) is 24.5. The molecule has 2 unspecified atom stereocenters. The van der Waals surface area contributed by atoms with Crippen LogP contribution in [0.25, 0.3) is 22.3 Å². The van der Waals surface area contributed by atoms with Crippen LogP contribution >= 0.6 is 7.82 Å². The molecule has 18 heteroatoms. The summed E-state index contributed by atoms with van der Waals surface area (Å²) in [6.45, 7) is 11.7. The van der Waals surface area contributed by atoms with Gasteiger partial charge in [0.1, 0.15) is 30.0 Å². The van der Waals surface area contributed by atoms with Gasteiger partial charge in [-0.2, -0.15) is 0 Å². The van der Waals surface area contributed by atoms with E-state index in [4.69, 9.17) is 19.0 Å². The van der Waals surface area contributed by atoms with Crippen molar-refractivity contribution < 1.29 is 52.2 Å². The third-order valence-electron chi connectivity index (χ3n) is 14.9. The fraction of sp³-hybridized carbons (Fsp3) is 0.420. The van der Waals surface area contributed by atoms with Gasteiger partial charge in [0.15, 0.2) is 0 Å². The minimum absolute atomic E-state index is 0.00101. The summed E-state index contributed by atoms with van der Waals surface area (Å²) < 4.78 is 42.9. The van der Waals surface area contributed by atoms with E-state index in [2.05, 4.69) is 22.3 Å². The van der Waals surface area contributed by atoms with E-state index in [1.165, 1.54) is 12.1 Å². The second kappa shape index (κ2) is 16.9. The number of fused-ring (bicyclic) bond motifs is 6. The third-order valence-corrected chi connectivity index (χ3v) is 15.3. The number of amides is 1. The number of carbonyl (C=O) groups is 3. The molecule has 6 heterocycles. The molecule has 3 aromatic carbocycles. The average molecular weight is 950 g/mol. The van der Waals surface area contributed by atoms with Crippen LogP contribution in [-0.2, 0) is 62.8 Å². The number of pyridine rings is 2. The summed E-state index contributed by atoms with van der Waals surface area (Å²) >= 11 is 0. The lowest BCUT2D eigenvalue weighted by Crippen LogP contribution is -2.63. The lowest BCUT2D eigenvalue weighted by atomic mass is 9.61. The fourth-order valence-corrected chi connectivity index (χ4v) is 11.9. The van der Waals surface area contributed by atoms with Crippen LogP contribution in [0.3, 0.4) is 0 Å². The Hall–Kier alpha value is -5.97. The monoisotopic (exact) mass is 949 g/mol. The van der Waals surface area contributed by atoms with Crippen molar-refractivity contribution in [2.45, 2.75) is 110 Å². The highest BCUT2D eigenvalue weighted by molar-refractivity contribution is 7.46. The molecule has 5 aromatic rings. The number of rotatable bonds is 9. The van der Waals surface area contributed by atoms with E-state index in [9.17, 15) is 43.0 Å². The van der Waals surface area contributed by atoms with Crippen LogP contribution in [0.1, 0.15) is 124 Å². The van der Waals surface area contributed by atoms with Crippen molar-refractivity contribution in [2.24, 2.45) is 5.41 Å². The minimum atomic E-state index is -4.94. The number of likely N-dealkylation sites (tertiary alicyclic amines) is 1. The van der Waals surface area contributed by atoms with E-state index in [1.54, 1.807) is 16.4 Å². The number of benzene rings is 3. The number of phosphoric acid groups is 1. The Balaban J connectivity index is 0.000000161. The van der Waals surface area contributed by atoms with Crippen molar-refractivity contribution in [1.82, 2.24) is 24.7 Å². The molecule has 2 aliphatic carbocycles. The molecule has 1 saturated heterocycles. The zero-order valence-electron chi connectivity index (χ0n) is 38.4. The number of cyclic esters (lactones) is 1. The average Bonchev–Trinajstić information content (AvgIpc) is 3.86. The van der Waals surface area contributed by atoms with Crippen molar-refractivity contribution in [3.63, 3.8) is 0 Å². The van der Waals surface area contributed by atoms with E-state index in [-0.39, 0.29) is 64.5 Å². The molecule has 6 aliphatic rings. The molecule has 356 valence electrons. The number of aromatic nitrogens is 2. The Labute approximate surface area is 391 Å². The van der Waals surface area contributed by atoms with Gasteiger partial charge in [0.05, 0.1) is 40.5 Å². The molecule has 16 nitrogen and oxygen atoms in total. The number of phenols is 1. The summed E-state index contributed by atoms with van der Waals surface area (Å²) in [5, 5.41) is 14.7. The van der Waals surface area contributed by atoms with Gasteiger partial charge >= 0.3 is 13.8 Å². The van der Waals surface area contributed by atoms with Crippen LogP contribution in [-0.4, -0.2) is 78.8 Å². The molecule has 1 saturated carbocycles. The summed E-state index contributed by atoms with van der Waals surface area (Å²) in [5.41, 5.74) is 10.9. The Morgan fingerprint density at radius 2 is 1.81 bits per heavy atom. The number of ether oxygens (including phenoxy) is 2. The molecule has 2 aromatic heterocycles. The van der Waals surface area contributed by atoms with Crippen LogP contribution in [0.5, 0.6) is 11.5 Å². The second-order valence-corrected chi connectivity index (χ2v) is 20.8. The smallest absolute Gasteiger partial charge is 0.508 e. The summed E-state index contributed by atoms with van der Waals surface area (Å²) in [7, 11) is -3.01. The van der Waals surface area contributed by atoms with Gasteiger partial charge in [-0.05, 0) is 109 Å². The van der Waals surface area contributed by atoms with Gasteiger partial charge in [0.2, 0.25) is 0 Å².